The van der Waals surface area contributed by atoms with Gasteiger partial charge in [0.2, 0.25) is 0 Å². The molecule has 2 heterocycles. The van der Waals surface area contributed by atoms with Crippen molar-refractivity contribution in [2.24, 2.45) is 5.92 Å². The summed E-state index contributed by atoms with van der Waals surface area (Å²) in [4.78, 5) is 35.7. The van der Waals surface area contributed by atoms with E-state index < -0.39 is 29.5 Å². The highest BCUT2D eigenvalue weighted by Gasteiger charge is 2.36. The molecule has 0 aromatic heterocycles. The second kappa shape index (κ2) is 9.11. The molecule has 4 rings (SSSR count). The van der Waals surface area contributed by atoms with Crippen LogP contribution in [0, 0.1) is 5.92 Å². The van der Waals surface area contributed by atoms with E-state index in [-0.39, 0.29) is 29.1 Å². The largest absolute Gasteiger partial charge is 0.481 e. The molecule has 0 radical (unpaired) electrons. The van der Waals surface area contributed by atoms with Crippen LogP contribution in [0.1, 0.15) is 23.1 Å². The first kappa shape index (κ1) is 23.2. The number of halogens is 3. The number of hydrogen-bond acceptors (Lipinski definition) is 5. The Kier molecular flexibility index (Phi) is 6.40. The van der Waals surface area contributed by atoms with E-state index in [9.17, 15) is 22.8 Å². The van der Waals surface area contributed by atoms with Crippen molar-refractivity contribution in [1.82, 2.24) is 4.90 Å². The average Bonchev–Trinajstić information content (AvgIpc) is 3.28. The van der Waals surface area contributed by atoms with E-state index in [0.29, 0.717) is 30.1 Å². The quantitative estimate of drug-likeness (QED) is 0.496. The molecule has 0 spiro atoms. The second-order valence-electron chi connectivity index (χ2n) is 7.79. The van der Waals surface area contributed by atoms with Crippen LogP contribution in [-0.2, 0) is 27.1 Å². The fraction of sp³-hybridized carbons (Fsp3) is 0.304. The third-order valence-corrected chi connectivity index (χ3v) is 6.65. The number of hydrogen-bond donors (Lipinski definition) is 1. The van der Waals surface area contributed by atoms with E-state index in [1.165, 1.54) is 17.0 Å². The molecular weight excluding hydrogens is 459 g/mol. The van der Waals surface area contributed by atoms with Crippen molar-refractivity contribution >= 4 is 29.2 Å². The van der Waals surface area contributed by atoms with E-state index in [1.54, 1.807) is 18.2 Å². The van der Waals surface area contributed by atoms with E-state index in [4.69, 9.17) is 14.9 Å². The van der Waals surface area contributed by atoms with Crippen LogP contribution in [-0.4, -0.2) is 41.6 Å². The van der Waals surface area contributed by atoms with Crippen LogP contribution in [0.2, 0.25) is 0 Å². The zero-order valence-corrected chi connectivity index (χ0v) is 18.2. The molecule has 1 fully saturated rings. The third-order valence-electron chi connectivity index (χ3n) is 5.58. The highest BCUT2D eigenvalue weighted by atomic mass is 32.2. The molecule has 1 N–H and O–H groups in total. The van der Waals surface area contributed by atoms with Crippen LogP contribution in [0.3, 0.4) is 0 Å². The number of amides is 1. The van der Waals surface area contributed by atoms with Gasteiger partial charge in [0.25, 0.3) is 5.91 Å². The zero-order valence-electron chi connectivity index (χ0n) is 17.4. The van der Waals surface area contributed by atoms with Gasteiger partial charge in [-0.25, -0.2) is 0 Å². The Balaban J connectivity index is 1.57. The number of likely N-dealkylation sites (tertiary alicyclic amines) is 1. The molecule has 2 aliphatic heterocycles. The lowest BCUT2D eigenvalue weighted by Gasteiger charge is -2.20. The van der Waals surface area contributed by atoms with Gasteiger partial charge < -0.3 is 14.9 Å². The second-order valence-corrected chi connectivity index (χ2v) is 8.90. The van der Waals surface area contributed by atoms with Crippen molar-refractivity contribution in [2.75, 3.05) is 19.7 Å². The lowest BCUT2D eigenvalue weighted by Crippen LogP contribution is -2.30. The van der Waals surface area contributed by atoms with Crippen molar-refractivity contribution in [3.63, 3.8) is 0 Å². The van der Waals surface area contributed by atoms with Gasteiger partial charge in [-0.3, -0.25) is 9.59 Å². The van der Waals surface area contributed by atoms with Gasteiger partial charge in [0.15, 0.2) is 5.75 Å². The first-order valence-corrected chi connectivity index (χ1v) is 11.0. The summed E-state index contributed by atoms with van der Waals surface area (Å²) in [6, 6.07) is 8.75. The third kappa shape index (κ3) is 5.01. The normalized spacial score (nSPS) is 17.9. The summed E-state index contributed by atoms with van der Waals surface area (Å²) in [5.41, 5.74) is -0.0813. The maximum Gasteiger partial charge on any atom is 0.417 e. The summed E-state index contributed by atoms with van der Waals surface area (Å²) in [5.74, 6) is -1.71. The SMILES string of the molecule is C=C(C(=O)N1CCC(C(=O)O)C1)c1ccc(Sc2ccc3c(c2)CCOO3)c(C(F)(F)F)c1. The molecule has 1 atom stereocenters. The Labute approximate surface area is 191 Å². The molecule has 1 saturated heterocycles. The number of aliphatic carboxylic acids is 1. The van der Waals surface area contributed by atoms with Gasteiger partial charge in [0, 0.05) is 40.4 Å². The summed E-state index contributed by atoms with van der Waals surface area (Å²) in [7, 11) is 0. The molecule has 174 valence electrons. The van der Waals surface area contributed by atoms with Crippen LogP contribution in [0.25, 0.3) is 5.57 Å². The molecule has 33 heavy (non-hydrogen) atoms. The van der Waals surface area contributed by atoms with E-state index >= 15 is 0 Å². The number of alkyl halides is 3. The number of carbonyl (C=O) groups is 2. The number of carboxylic acid groups (broad SMARTS) is 1. The van der Waals surface area contributed by atoms with Crippen molar-refractivity contribution in [3.05, 3.63) is 59.7 Å². The predicted octanol–water partition coefficient (Wildman–Crippen LogP) is 4.67. The van der Waals surface area contributed by atoms with Crippen LogP contribution in [0.4, 0.5) is 13.2 Å². The average molecular weight is 479 g/mol. The molecule has 2 aromatic carbocycles. The monoisotopic (exact) mass is 479 g/mol. The Morgan fingerprint density at radius 2 is 1.97 bits per heavy atom. The van der Waals surface area contributed by atoms with Crippen LogP contribution in [0.5, 0.6) is 5.75 Å². The molecule has 0 aliphatic carbocycles. The summed E-state index contributed by atoms with van der Waals surface area (Å²) in [6.07, 6.45) is -3.75. The van der Waals surface area contributed by atoms with Crippen LogP contribution >= 0.6 is 11.8 Å². The standard InChI is InChI=1S/C23H20F3NO5S/c1-13(21(28)27-8-6-16(12-27)22(29)30)14-2-5-20(18(11-14)23(24,25)26)33-17-3-4-19-15(10-17)7-9-31-32-19/h2-5,10-11,16H,1,6-9,12H2,(H,29,30). The molecule has 6 nitrogen and oxygen atoms in total. The summed E-state index contributed by atoms with van der Waals surface area (Å²) < 4.78 is 41.6. The van der Waals surface area contributed by atoms with Gasteiger partial charge in [0.05, 0.1) is 18.1 Å². The number of carbonyl (C=O) groups excluding carboxylic acids is 1. The minimum Gasteiger partial charge on any atom is -0.481 e. The number of fused-ring (bicyclic) bond motifs is 1. The minimum absolute atomic E-state index is 0.00783. The number of rotatable bonds is 5. The first-order valence-electron chi connectivity index (χ1n) is 10.2. The molecule has 2 aliphatic rings. The molecular formula is C23H20F3NO5S. The molecule has 2 aromatic rings. The highest BCUT2D eigenvalue weighted by Crippen LogP contribution is 2.42. The molecule has 1 amide bonds. The van der Waals surface area contributed by atoms with Crippen LogP contribution < -0.4 is 4.89 Å². The number of carboxylic acids is 1. The van der Waals surface area contributed by atoms with Gasteiger partial charge in [-0.2, -0.15) is 18.1 Å². The van der Waals surface area contributed by atoms with Crippen molar-refractivity contribution in [3.8, 4) is 5.75 Å². The van der Waals surface area contributed by atoms with Crippen molar-refractivity contribution < 1.29 is 37.6 Å². The fourth-order valence-corrected chi connectivity index (χ4v) is 4.78. The fourth-order valence-electron chi connectivity index (χ4n) is 3.77. The maximum absolute atomic E-state index is 13.9. The van der Waals surface area contributed by atoms with E-state index in [1.807, 2.05) is 0 Å². The Hall–Kier alpha value is -2.98. The van der Waals surface area contributed by atoms with E-state index in [2.05, 4.69) is 6.58 Å². The predicted molar refractivity (Wildman–Crippen MR) is 114 cm³/mol. The van der Waals surface area contributed by atoms with Gasteiger partial charge in [-0.15, -0.1) is 0 Å². The van der Waals surface area contributed by atoms with Crippen LogP contribution in [0.15, 0.2) is 52.8 Å². The lowest BCUT2D eigenvalue weighted by atomic mass is 10.0. The number of benzene rings is 2. The first-order chi connectivity index (χ1) is 15.6. The summed E-state index contributed by atoms with van der Waals surface area (Å²) >= 11 is 0.965. The Morgan fingerprint density at radius 1 is 1.18 bits per heavy atom. The number of nitrogens with zero attached hydrogens (tertiary/aromatic N) is 1. The maximum atomic E-state index is 13.9. The minimum atomic E-state index is -4.64. The van der Waals surface area contributed by atoms with Gasteiger partial charge in [-0.1, -0.05) is 24.4 Å². The topological polar surface area (TPSA) is 76.1 Å². The summed E-state index contributed by atoms with van der Waals surface area (Å²) in [5, 5.41) is 9.11. The molecule has 1 unspecified atom stereocenters. The van der Waals surface area contributed by atoms with Gasteiger partial charge in [-0.05, 0) is 42.3 Å². The van der Waals surface area contributed by atoms with Gasteiger partial charge >= 0.3 is 12.1 Å². The lowest BCUT2D eigenvalue weighted by molar-refractivity contribution is -0.215. The molecule has 0 bridgehead atoms. The van der Waals surface area contributed by atoms with Gasteiger partial charge in [0.1, 0.15) is 0 Å². The molecule has 0 saturated carbocycles. The summed E-state index contributed by atoms with van der Waals surface area (Å²) in [6.45, 7) is 4.29. The molecule has 10 heteroatoms. The van der Waals surface area contributed by atoms with Crippen molar-refractivity contribution in [2.45, 2.75) is 28.8 Å². The van der Waals surface area contributed by atoms with Crippen molar-refractivity contribution in [1.29, 1.82) is 0 Å². The Morgan fingerprint density at radius 3 is 2.67 bits per heavy atom. The highest BCUT2D eigenvalue weighted by molar-refractivity contribution is 7.99. The smallest absolute Gasteiger partial charge is 0.417 e. The Bertz CT molecular complexity index is 1120. The zero-order chi connectivity index (χ0) is 23.8. The van der Waals surface area contributed by atoms with E-state index in [0.717, 1.165) is 23.4 Å².